The van der Waals surface area contributed by atoms with E-state index in [1.807, 2.05) is 0 Å². The van der Waals surface area contributed by atoms with Crippen molar-refractivity contribution in [2.45, 2.75) is 31.1 Å². The van der Waals surface area contributed by atoms with E-state index in [1.165, 1.54) is 81.0 Å². The van der Waals surface area contributed by atoms with Crippen molar-refractivity contribution in [1.82, 2.24) is 0 Å². The number of benzene rings is 8. The van der Waals surface area contributed by atoms with Crippen molar-refractivity contribution in [3.8, 4) is 44.5 Å². The van der Waals surface area contributed by atoms with Gasteiger partial charge in [0.2, 0.25) is 0 Å². The van der Waals surface area contributed by atoms with Gasteiger partial charge in [0.05, 0.1) is 5.69 Å². The molecule has 56 heavy (non-hydrogen) atoms. The molecule has 5 aliphatic rings. The van der Waals surface area contributed by atoms with Crippen molar-refractivity contribution < 1.29 is 0 Å². The molecule has 5 aliphatic carbocycles. The zero-order valence-corrected chi connectivity index (χ0v) is 31.5. The Hall–Kier alpha value is -6.18. The van der Waals surface area contributed by atoms with Gasteiger partial charge in [-0.25, -0.2) is 0 Å². The highest BCUT2D eigenvalue weighted by Gasteiger charge is 2.65. The van der Waals surface area contributed by atoms with Crippen molar-refractivity contribution in [2.75, 3.05) is 4.90 Å². The molecule has 1 spiro atoms. The summed E-state index contributed by atoms with van der Waals surface area (Å²) < 4.78 is 0. The fourth-order valence-corrected chi connectivity index (χ4v) is 12.1. The maximum absolute atomic E-state index is 2.61. The van der Waals surface area contributed by atoms with Gasteiger partial charge in [-0.2, -0.15) is 0 Å². The van der Waals surface area contributed by atoms with Crippen LogP contribution in [0.1, 0.15) is 36.8 Å². The molecule has 0 heterocycles. The molecule has 5 unspecified atom stereocenters. The molecule has 8 aromatic rings. The summed E-state index contributed by atoms with van der Waals surface area (Å²) in [5, 5.41) is 2.48. The van der Waals surface area contributed by atoms with Crippen LogP contribution in [0.2, 0.25) is 0 Å². The lowest BCUT2D eigenvalue weighted by molar-refractivity contribution is 0.191. The summed E-state index contributed by atoms with van der Waals surface area (Å²) >= 11 is 0. The van der Waals surface area contributed by atoms with Crippen LogP contribution < -0.4 is 4.90 Å². The van der Waals surface area contributed by atoms with Gasteiger partial charge in [0, 0.05) is 22.4 Å². The average molecular weight is 718 g/mol. The third kappa shape index (κ3) is 4.73. The van der Waals surface area contributed by atoms with Gasteiger partial charge in [-0.1, -0.05) is 146 Å². The third-order valence-corrected chi connectivity index (χ3v) is 14.2. The summed E-state index contributed by atoms with van der Waals surface area (Å²) in [5.74, 6) is 3.40. The first-order valence-corrected chi connectivity index (χ1v) is 20.6. The van der Waals surface area contributed by atoms with Crippen LogP contribution >= 0.6 is 0 Å². The minimum absolute atomic E-state index is 0.187. The first-order valence-electron chi connectivity index (χ1n) is 20.6. The normalized spacial score (nSPS) is 22.4. The zero-order chi connectivity index (χ0) is 36.8. The number of fused-ring (bicyclic) bond motifs is 4. The fourth-order valence-electron chi connectivity index (χ4n) is 12.1. The summed E-state index contributed by atoms with van der Waals surface area (Å²) in [6.45, 7) is 0. The molecule has 0 N–H and O–H groups in total. The Morgan fingerprint density at radius 3 is 1.86 bits per heavy atom. The molecule has 4 bridgehead atoms. The summed E-state index contributed by atoms with van der Waals surface area (Å²) in [6, 6.07) is 70.3. The van der Waals surface area contributed by atoms with E-state index in [1.54, 1.807) is 11.1 Å². The summed E-state index contributed by atoms with van der Waals surface area (Å²) in [7, 11) is 0. The molecular formula is C55H43N. The minimum Gasteiger partial charge on any atom is -0.310 e. The van der Waals surface area contributed by atoms with Gasteiger partial charge < -0.3 is 4.90 Å². The molecule has 0 aliphatic heterocycles. The largest absolute Gasteiger partial charge is 0.310 e. The lowest BCUT2D eigenvalue weighted by Gasteiger charge is -2.44. The quantitative estimate of drug-likeness (QED) is 0.166. The Balaban J connectivity index is 0.994. The molecule has 1 heteroatoms. The van der Waals surface area contributed by atoms with Gasteiger partial charge in [-0.15, -0.1) is 0 Å². The lowest BCUT2D eigenvalue weighted by Crippen LogP contribution is -2.40. The van der Waals surface area contributed by atoms with Crippen LogP contribution in [0, 0.1) is 23.7 Å². The van der Waals surface area contributed by atoms with Crippen LogP contribution in [-0.2, 0) is 5.41 Å². The second-order valence-electron chi connectivity index (χ2n) is 16.9. The molecule has 268 valence electrons. The van der Waals surface area contributed by atoms with E-state index in [2.05, 4.69) is 193 Å². The van der Waals surface area contributed by atoms with Gasteiger partial charge in [-0.05, 0) is 153 Å². The highest BCUT2D eigenvalue weighted by atomic mass is 15.1. The number of rotatable bonds is 6. The van der Waals surface area contributed by atoms with Crippen molar-refractivity contribution >= 4 is 27.8 Å². The van der Waals surface area contributed by atoms with E-state index >= 15 is 0 Å². The number of anilines is 3. The predicted molar refractivity (Wildman–Crippen MR) is 234 cm³/mol. The Morgan fingerprint density at radius 2 is 1.04 bits per heavy atom. The van der Waals surface area contributed by atoms with Crippen LogP contribution in [0.3, 0.4) is 0 Å². The molecule has 0 amide bonds. The van der Waals surface area contributed by atoms with Crippen molar-refractivity contribution in [1.29, 1.82) is 0 Å². The lowest BCUT2D eigenvalue weighted by atomic mass is 9.59. The summed E-state index contributed by atoms with van der Waals surface area (Å²) in [4.78, 5) is 2.45. The van der Waals surface area contributed by atoms with Crippen LogP contribution in [0.25, 0.3) is 55.3 Å². The second-order valence-corrected chi connectivity index (χ2v) is 16.9. The van der Waals surface area contributed by atoms with E-state index < -0.39 is 0 Å². The smallest absolute Gasteiger partial charge is 0.0540 e. The molecular weight excluding hydrogens is 675 g/mol. The van der Waals surface area contributed by atoms with E-state index in [0.29, 0.717) is 0 Å². The first kappa shape index (κ1) is 32.1. The first-order chi connectivity index (χ1) is 27.7. The Morgan fingerprint density at radius 1 is 0.393 bits per heavy atom. The zero-order valence-electron chi connectivity index (χ0n) is 31.5. The number of hydrogen-bond acceptors (Lipinski definition) is 1. The molecule has 4 fully saturated rings. The highest BCUT2D eigenvalue weighted by molar-refractivity contribution is 5.94. The van der Waals surface area contributed by atoms with E-state index in [4.69, 9.17) is 0 Å². The third-order valence-electron chi connectivity index (χ3n) is 14.2. The summed E-state index contributed by atoms with van der Waals surface area (Å²) in [5.41, 5.74) is 17.3. The van der Waals surface area contributed by atoms with Gasteiger partial charge in [0.1, 0.15) is 0 Å². The van der Waals surface area contributed by atoms with Crippen LogP contribution in [-0.4, -0.2) is 0 Å². The molecule has 8 aromatic carbocycles. The van der Waals surface area contributed by atoms with Crippen LogP contribution in [0.5, 0.6) is 0 Å². The average Bonchev–Trinajstić information content (AvgIpc) is 3.81. The summed E-state index contributed by atoms with van der Waals surface area (Å²) in [6.07, 6.45) is 5.68. The SMILES string of the molecule is c1ccc(-c2ccc(N(c3ccc(-c4ccc5c(c4)C4(c6ccccc6-5)C5CC6CC(C5)C4C6)cc3)c3ccc4ccccc4c3)c(-c3ccccc3)c2)cc1. The number of nitrogens with zero attached hydrogens (tertiary/aromatic N) is 1. The van der Waals surface area contributed by atoms with Crippen molar-refractivity contribution in [2.24, 2.45) is 23.7 Å². The van der Waals surface area contributed by atoms with Crippen molar-refractivity contribution in [3.63, 3.8) is 0 Å². The Labute approximate surface area is 329 Å². The van der Waals surface area contributed by atoms with E-state index in [9.17, 15) is 0 Å². The maximum atomic E-state index is 2.61. The van der Waals surface area contributed by atoms with Gasteiger partial charge >= 0.3 is 0 Å². The molecule has 0 saturated heterocycles. The van der Waals surface area contributed by atoms with Crippen LogP contribution in [0.4, 0.5) is 17.1 Å². The van der Waals surface area contributed by atoms with Crippen molar-refractivity contribution in [3.05, 3.63) is 199 Å². The van der Waals surface area contributed by atoms with E-state index in [-0.39, 0.29) is 5.41 Å². The predicted octanol–water partition coefficient (Wildman–Crippen LogP) is 14.6. The second kappa shape index (κ2) is 12.4. The Kier molecular flexibility index (Phi) is 7.12. The molecule has 0 aromatic heterocycles. The monoisotopic (exact) mass is 717 g/mol. The van der Waals surface area contributed by atoms with Gasteiger partial charge in [0.25, 0.3) is 0 Å². The molecule has 13 rings (SSSR count). The van der Waals surface area contributed by atoms with Gasteiger partial charge in [-0.3, -0.25) is 0 Å². The van der Waals surface area contributed by atoms with E-state index in [0.717, 1.165) is 40.7 Å². The maximum Gasteiger partial charge on any atom is 0.0540 e. The minimum atomic E-state index is 0.187. The fraction of sp³-hybridized carbons (Fsp3) is 0.164. The standard InChI is InChI=1S/C55H43N/c1-3-11-37(12-4-1)42-23-28-54(50(34-42)40-14-5-2-6-15-40)56(47-26-21-38-13-7-8-16-41(38)33-47)46-24-19-39(20-25-46)43-22-27-49-48-17-9-10-18-51(48)55(53(49)35-43)45-30-36-29-44(32-45)52(55)31-36/h1-28,33-36,44-45,52H,29-32H2. The molecule has 5 atom stereocenters. The highest BCUT2D eigenvalue weighted by Crippen LogP contribution is 2.73. The van der Waals surface area contributed by atoms with Gasteiger partial charge in [0.15, 0.2) is 0 Å². The topological polar surface area (TPSA) is 3.24 Å². The van der Waals surface area contributed by atoms with Crippen LogP contribution in [0.15, 0.2) is 188 Å². The molecule has 0 radical (unpaired) electrons. The Bertz CT molecular complexity index is 2780. The molecule has 1 nitrogen and oxygen atoms in total. The molecule has 4 saturated carbocycles. The number of hydrogen-bond donors (Lipinski definition) is 0.